The molecule has 4 rings (SSSR count). The number of nitrogens with zero attached hydrogens (tertiary/aromatic N) is 2. The Morgan fingerprint density at radius 3 is 2.09 bits per heavy atom. The van der Waals surface area contributed by atoms with E-state index in [1.54, 1.807) is 12.1 Å². The Labute approximate surface area is 192 Å². The van der Waals surface area contributed by atoms with E-state index in [0.717, 1.165) is 44.2 Å². The molecule has 0 aliphatic carbocycles. The van der Waals surface area contributed by atoms with Crippen LogP contribution in [0.4, 0.5) is 5.69 Å². The van der Waals surface area contributed by atoms with Gasteiger partial charge in [-0.2, -0.15) is 0 Å². The average molecular weight is 450 g/mol. The third kappa shape index (κ3) is 5.57. The van der Waals surface area contributed by atoms with E-state index < -0.39 is 11.1 Å². The maximum absolute atomic E-state index is 11.0. The molecule has 0 saturated carbocycles. The topological polar surface area (TPSA) is 55.8 Å². The van der Waals surface area contributed by atoms with Gasteiger partial charge in [0, 0.05) is 43.3 Å². The molecule has 0 aromatic heterocycles. The molecule has 0 N–H and O–H groups in total. The molecule has 168 valence electrons. The zero-order chi connectivity index (χ0) is 22.5. The van der Waals surface area contributed by atoms with Crippen LogP contribution in [-0.2, 0) is 24.2 Å². The summed E-state index contributed by atoms with van der Waals surface area (Å²) in [6.07, 6.45) is 0. The van der Waals surface area contributed by atoms with Crippen molar-refractivity contribution in [1.29, 1.82) is 0 Å². The lowest BCUT2D eigenvalue weighted by atomic mass is 10.0. The molecule has 1 aliphatic heterocycles. The molecule has 1 unspecified atom stereocenters. The zero-order valence-electron chi connectivity index (χ0n) is 18.6. The lowest BCUT2D eigenvalue weighted by Crippen LogP contribution is -2.46. The van der Waals surface area contributed by atoms with Crippen LogP contribution in [0.1, 0.15) is 22.3 Å². The van der Waals surface area contributed by atoms with E-state index in [-0.39, 0.29) is 0 Å². The van der Waals surface area contributed by atoms with Gasteiger partial charge in [-0.1, -0.05) is 42.5 Å². The van der Waals surface area contributed by atoms with Crippen molar-refractivity contribution in [2.24, 2.45) is 0 Å². The molecule has 0 radical (unpaired) electrons. The standard InChI is InChI=1S/C26H30N2O3S/c1-20-16-23(17-21(2)26(20)31-19-22-6-4-3-5-7-22)18-27-12-14-28(15-13-27)24-8-10-25(11-9-24)32(29)30/h3-11,16-17H,12-15,18-19H2,1-2H3,(H,29,30)/p-1. The van der Waals surface area contributed by atoms with Crippen LogP contribution in [0.3, 0.4) is 0 Å². The maximum atomic E-state index is 11.0. The first-order valence-corrected chi connectivity index (χ1v) is 12.0. The van der Waals surface area contributed by atoms with Crippen LogP contribution in [0, 0.1) is 13.8 Å². The van der Waals surface area contributed by atoms with Crippen LogP contribution in [0.15, 0.2) is 71.6 Å². The zero-order valence-corrected chi connectivity index (χ0v) is 19.4. The molecule has 5 nitrogen and oxygen atoms in total. The largest absolute Gasteiger partial charge is 0.768 e. The molecule has 1 heterocycles. The fourth-order valence-corrected chi connectivity index (χ4v) is 4.64. The van der Waals surface area contributed by atoms with E-state index in [0.29, 0.717) is 11.5 Å². The molecule has 1 atom stereocenters. The number of benzene rings is 3. The highest BCUT2D eigenvalue weighted by Gasteiger charge is 2.18. The lowest BCUT2D eigenvalue weighted by molar-refractivity contribution is 0.249. The minimum absolute atomic E-state index is 0.328. The van der Waals surface area contributed by atoms with Crippen molar-refractivity contribution in [2.75, 3.05) is 31.1 Å². The molecule has 0 bridgehead atoms. The molecule has 3 aromatic rings. The average Bonchev–Trinajstić information content (AvgIpc) is 2.80. The Bertz CT molecular complexity index is 1040. The van der Waals surface area contributed by atoms with Crippen molar-refractivity contribution in [3.8, 4) is 5.75 Å². The van der Waals surface area contributed by atoms with Gasteiger partial charge in [0.1, 0.15) is 12.4 Å². The summed E-state index contributed by atoms with van der Waals surface area (Å²) in [4.78, 5) is 5.11. The van der Waals surface area contributed by atoms with Gasteiger partial charge < -0.3 is 14.2 Å². The third-order valence-corrected chi connectivity index (χ3v) is 6.58. The minimum Gasteiger partial charge on any atom is -0.768 e. The molecule has 32 heavy (non-hydrogen) atoms. The van der Waals surface area contributed by atoms with Gasteiger partial charge in [-0.05, 0) is 71.4 Å². The SMILES string of the molecule is Cc1cc(CN2CCN(c3ccc(S(=O)[O-])cc3)CC2)cc(C)c1OCc1ccccc1. The number of hydrogen-bond donors (Lipinski definition) is 0. The summed E-state index contributed by atoms with van der Waals surface area (Å²) in [5.74, 6) is 0.977. The van der Waals surface area contributed by atoms with E-state index in [4.69, 9.17) is 4.74 Å². The molecular weight excluding hydrogens is 420 g/mol. The highest BCUT2D eigenvalue weighted by atomic mass is 32.2. The first kappa shape index (κ1) is 22.5. The molecule has 1 saturated heterocycles. The first-order chi connectivity index (χ1) is 15.5. The quantitative estimate of drug-likeness (QED) is 0.499. The first-order valence-electron chi connectivity index (χ1n) is 10.9. The second-order valence-corrected chi connectivity index (χ2v) is 9.27. The Kier molecular flexibility index (Phi) is 7.25. The Hall–Kier alpha value is -2.67. The van der Waals surface area contributed by atoms with Crippen LogP contribution in [0.2, 0.25) is 0 Å². The van der Waals surface area contributed by atoms with E-state index >= 15 is 0 Å². The highest BCUT2D eigenvalue weighted by molar-refractivity contribution is 7.79. The maximum Gasteiger partial charge on any atom is 0.125 e. The van der Waals surface area contributed by atoms with Crippen molar-refractivity contribution >= 4 is 16.8 Å². The number of ether oxygens (including phenoxy) is 1. The lowest BCUT2D eigenvalue weighted by Gasteiger charge is -2.36. The van der Waals surface area contributed by atoms with Gasteiger partial charge in [0.15, 0.2) is 0 Å². The Morgan fingerprint density at radius 2 is 1.50 bits per heavy atom. The van der Waals surface area contributed by atoms with Crippen LogP contribution in [-0.4, -0.2) is 39.8 Å². The van der Waals surface area contributed by atoms with Gasteiger partial charge in [-0.15, -0.1) is 0 Å². The van der Waals surface area contributed by atoms with Crippen molar-refractivity contribution in [3.05, 3.63) is 89.0 Å². The summed E-state index contributed by atoms with van der Waals surface area (Å²) in [6, 6.07) is 21.8. The summed E-state index contributed by atoms with van der Waals surface area (Å²) in [5, 5.41) is 0. The monoisotopic (exact) mass is 449 g/mol. The van der Waals surface area contributed by atoms with Crippen molar-refractivity contribution in [1.82, 2.24) is 4.90 Å². The summed E-state index contributed by atoms with van der Waals surface area (Å²) in [5.41, 5.74) is 5.90. The van der Waals surface area contributed by atoms with E-state index in [2.05, 4.69) is 47.9 Å². The Morgan fingerprint density at radius 1 is 0.875 bits per heavy atom. The highest BCUT2D eigenvalue weighted by Crippen LogP contribution is 2.27. The molecular formula is C26H29N2O3S-. The van der Waals surface area contributed by atoms with E-state index in [9.17, 15) is 8.76 Å². The van der Waals surface area contributed by atoms with Crippen LogP contribution >= 0.6 is 0 Å². The van der Waals surface area contributed by atoms with Crippen molar-refractivity contribution in [2.45, 2.75) is 31.9 Å². The number of hydrogen-bond acceptors (Lipinski definition) is 5. The van der Waals surface area contributed by atoms with E-state index in [1.165, 1.54) is 22.3 Å². The smallest absolute Gasteiger partial charge is 0.125 e. The third-order valence-electron chi connectivity index (χ3n) is 5.92. The predicted octanol–water partition coefficient (Wildman–Crippen LogP) is 4.44. The van der Waals surface area contributed by atoms with Crippen molar-refractivity contribution < 1.29 is 13.5 Å². The molecule has 0 amide bonds. The number of piperazine rings is 1. The molecule has 1 aliphatic rings. The van der Waals surface area contributed by atoms with Gasteiger partial charge in [-0.3, -0.25) is 9.11 Å². The second-order valence-electron chi connectivity index (χ2n) is 8.32. The molecule has 3 aromatic carbocycles. The molecule has 6 heteroatoms. The Balaban J connectivity index is 1.33. The number of rotatable bonds is 7. The predicted molar refractivity (Wildman–Crippen MR) is 128 cm³/mol. The fourth-order valence-electron chi connectivity index (χ4n) is 4.28. The summed E-state index contributed by atoms with van der Waals surface area (Å²) in [7, 11) is 0. The fraction of sp³-hybridized carbons (Fsp3) is 0.308. The second kappa shape index (κ2) is 10.3. The van der Waals surface area contributed by atoms with Crippen LogP contribution in [0.5, 0.6) is 5.75 Å². The van der Waals surface area contributed by atoms with Gasteiger partial charge in [0.05, 0.1) is 0 Å². The summed E-state index contributed by atoms with van der Waals surface area (Å²) >= 11 is -2.17. The summed E-state index contributed by atoms with van der Waals surface area (Å²) < 4.78 is 28.2. The summed E-state index contributed by atoms with van der Waals surface area (Å²) in [6.45, 7) is 9.53. The van der Waals surface area contributed by atoms with Crippen molar-refractivity contribution in [3.63, 3.8) is 0 Å². The van der Waals surface area contributed by atoms with Crippen LogP contribution < -0.4 is 9.64 Å². The number of anilines is 1. The van der Waals surface area contributed by atoms with Crippen LogP contribution in [0.25, 0.3) is 0 Å². The minimum atomic E-state index is -2.17. The van der Waals surface area contributed by atoms with Gasteiger partial charge in [0.25, 0.3) is 0 Å². The molecule has 1 fully saturated rings. The van der Waals surface area contributed by atoms with Gasteiger partial charge >= 0.3 is 0 Å². The molecule has 0 spiro atoms. The number of aryl methyl sites for hydroxylation is 2. The van der Waals surface area contributed by atoms with Gasteiger partial charge in [-0.25, -0.2) is 0 Å². The normalized spacial score (nSPS) is 15.5. The van der Waals surface area contributed by atoms with Gasteiger partial charge in [0.2, 0.25) is 0 Å². The van der Waals surface area contributed by atoms with E-state index in [1.807, 2.05) is 30.3 Å².